The number of aromatic nitrogens is 1. The predicted molar refractivity (Wildman–Crippen MR) is 66.3 cm³/mol. The summed E-state index contributed by atoms with van der Waals surface area (Å²) in [5.41, 5.74) is 9.60. The van der Waals surface area contributed by atoms with Gasteiger partial charge in [-0.05, 0) is 42.9 Å². The lowest BCUT2D eigenvalue weighted by Gasteiger charge is -1.96. The van der Waals surface area contributed by atoms with Gasteiger partial charge in [0.15, 0.2) is 5.11 Å². The summed E-state index contributed by atoms with van der Waals surface area (Å²) in [6.07, 6.45) is 7.27. The van der Waals surface area contributed by atoms with Crippen molar-refractivity contribution in [2.24, 2.45) is 10.8 Å². The third kappa shape index (κ3) is 4.87. The van der Waals surface area contributed by atoms with Crippen molar-refractivity contribution in [1.29, 1.82) is 0 Å². The molecule has 1 rings (SSSR count). The van der Waals surface area contributed by atoms with E-state index in [1.807, 2.05) is 31.2 Å². The van der Waals surface area contributed by atoms with Gasteiger partial charge in [0, 0.05) is 12.4 Å². The van der Waals surface area contributed by atoms with Gasteiger partial charge in [-0.1, -0.05) is 6.08 Å². The topological polar surface area (TPSA) is 63.3 Å². The van der Waals surface area contributed by atoms with E-state index in [9.17, 15) is 0 Å². The van der Waals surface area contributed by atoms with Gasteiger partial charge in [-0.3, -0.25) is 10.4 Å². The zero-order valence-corrected chi connectivity index (χ0v) is 9.16. The molecule has 1 aromatic heterocycles. The molecule has 15 heavy (non-hydrogen) atoms. The number of nitrogens with zero attached hydrogens (tertiary/aromatic N) is 2. The van der Waals surface area contributed by atoms with E-state index in [1.54, 1.807) is 12.4 Å². The number of pyridine rings is 1. The zero-order valence-electron chi connectivity index (χ0n) is 8.34. The SMILES string of the molecule is CC(/C=C\c1ccncc1)=N\NC(N)=S. The number of rotatable bonds is 3. The Morgan fingerprint density at radius 2 is 2.20 bits per heavy atom. The van der Waals surface area contributed by atoms with Gasteiger partial charge in [0.2, 0.25) is 0 Å². The molecule has 0 radical (unpaired) electrons. The summed E-state index contributed by atoms with van der Waals surface area (Å²) < 4.78 is 0. The zero-order chi connectivity index (χ0) is 11.1. The number of hydrazone groups is 1. The molecule has 0 atom stereocenters. The summed E-state index contributed by atoms with van der Waals surface area (Å²) in [7, 11) is 0. The van der Waals surface area contributed by atoms with Gasteiger partial charge in [-0.2, -0.15) is 5.10 Å². The van der Waals surface area contributed by atoms with E-state index in [0.717, 1.165) is 11.3 Å². The van der Waals surface area contributed by atoms with Crippen molar-refractivity contribution < 1.29 is 0 Å². The molecule has 0 aliphatic heterocycles. The maximum atomic E-state index is 5.23. The molecular weight excluding hydrogens is 208 g/mol. The molecule has 3 N–H and O–H groups in total. The maximum absolute atomic E-state index is 5.23. The number of hydrogen-bond donors (Lipinski definition) is 2. The number of allylic oxidation sites excluding steroid dienone is 1. The minimum atomic E-state index is 0.159. The highest BCUT2D eigenvalue weighted by Crippen LogP contribution is 1.98. The molecule has 1 heterocycles. The number of hydrogen-bond acceptors (Lipinski definition) is 3. The summed E-state index contributed by atoms with van der Waals surface area (Å²) in [5.74, 6) is 0. The fourth-order valence-corrected chi connectivity index (χ4v) is 0.918. The first kappa shape index (κ1) is 11.3. The van der Waals surface area contributed by atoms with Gasteiger partial charge in [0.25, 0.3) is 0 Å². The predicted octanol–water partition coefficient (Wildman–Crippen LogP) is 1.30. The lowest BCUT2D eigenvalue weighted by molar-refractivity contribution is 1.03. The first-order valence-corrected chi connectivity index (χ1v) is 4.77. The van der Waals surface area contributed by atoms with Gasteiger partial charge in [0.05, 0.1) is 5.71 Å². The van der Waals surface area contributed by atoms with Crippen LogP contribution in [0.2, 0.25) is 0 Å². The van der Waals surface area contributed by atoms with Crippen LogP contribution in [-0.2, 0) is 0 Å². The van der Waals surface area contributed by atoms with Crippen molar-refractivity contribution in [2.75, 3.05) is 0 Å². The molecule has 5 heteroatoms. The van der Waals surface area contributed by atoms with E-state index in [0.29, 0.717) is 0 Å². The first-order chi connectivity index (χ1) is 7.18. The third-order valence-electron chi connectivity index (χ3n) is 1.57. The quantitative estimate of drug-likeness (QED) is 0.458. The Bertz CT molecular complexity index is 384. The highest BCUT2D eigenvalue weighted by atomic mass is 32.1. The average Bonchev–Trinajstić information content (AvgIpc) is 2.25. The fourth-order valence-electron chi connectivity index (χ4n) is 0.872. The highest BCUT2D eigenvalue weighted by Gasteiger charge is 1.86. The normalized spacial score (nSPS) is 11.7. The van der Waals surface area contributed by atoms with E-state index in [2.05, 4.69) is 27.7 Å². The van der Waals surface area contributed by atoms with Crippen LogP contribution in [0, 0.1) is 0 Å². The van der Waals surface area contributed by atoms with Crippen LogP contribution < -0.4 is 11.2 Å². The molecule has 0 aliphatic carbocycles. The monoisotopic (exact) mass is 220 g/mol. The minimum absolute atomic E-state index is 0.159. The third-order valence-corrected chi connectivity index (χ3v) is 1.66. The highest BCUT2D eigenvalue weighted by molar-refractivity contribution is 7.80. The molecule has 1 aromatic rings. The molecule has 0 spiro atoms. The van der Waals surface area contributed by atoms with E-state index in [-0.39, 0.29) is 5.11 Å². The van der Waals surface area contributed by atoms with Crippen molar-refractivity contribution in [1.82, 2.24) is 10.4 Å². The summed E-state index contributed by atoms with van der Waals surface area (Å²) in [6, 6.07) is 3.82. The summed E-state index contributed by atoms with van der Waals surface area (Å²) in [5, 5.41) is 4.10. The van der Waals surface area contributed by atoms with E-state index in [4.69, 9.17) is 5.73 Å². The number of nitrogens with two attached hydrogens (primary N) is 1. The number of thiocarbonyl (C=S) groups is 1. The molecule has 0 amide bonds. The van der Waals surface area contributed by atoms with E-state index in [1.165, 1.54) is 0 Å². The Morgan fingerprint density at radius 3 is 2.80 bits per heavy atom. The molecule has 0 unspecified atom stereocenters. The fraction of sp³-hybridized carbons (Fsp3) is 0.100. The smallest absolute Gasteiger partial charge is 0.184 e. The molecule has 0 saturated carbocycles. The molecule has 0 aromatic carbocycles. The molecule has 0 aliphatic rings. The molecule has 0 saturated heterocycles. The van der Waals surface area contributed by atoms with Crippen LogP contribution in [0.3, 0.4) is 0 Å². The van der Waals surface area contributed by atoms with Crippen LogP contribution >= 0.6 is 12.2 Å². The summed E-state index contributed by atoms with van der Waals surface area (Å²) in [4.78, 5) is 3.92. The lowest BCUT2D eigenvalue weighted by Crippen LogP contribution is -2.24. The van der Waals surface area contributed by atoms with Crippen molar-refractivity contribution >= 4 is 29.1 Å². The van der Waals surface area contributed by atoms with Crippen molar-refractivity contribution in [3.8, 4) is 0 Å². The Hall–Kier alpha value is -1.75. The molecule has 78 valence electrons. The lowest BCUT2D eigenvalue weighted by atomic mass is 10.2. The molecular formula is C10H12N4S. The van der Waals surface area contributed by atoms with Crippen LogP contribution in [0.25, 0.3) is 6.08 Å². The van der Waals surface area contributed by atoms with Gasteiger partial charge in [0.1, 0.15) is 0 Å². The van der Waals surface area contributed by atoms with Crippen molar-refractivity contribution in [2.45, 2.75) is 6.92 Å². The second-order valence-corrected chi connectivity index (χ2v) is 3.28. The van der Waals surface area contributed by atoms with Crippen LogP contribution in [-0.4, -0.2) is 15.8 Å². The van der Waals surface area contributed by atoms with E-state index >= 15 is 0 Å². The second-order valence-electron chi connectivity index (χ2n) is 2.84. The first-order valence-electron chi connectivity index (χ1n) is 4.36. The average molecular weight is 220 g/mol. The Morgan fingerprint density at radius 1 is 1.53 bits per heavy atom. The standard InChI is InChI=1S/C10H12N4S/c1-8(13-14-10(11)15)2-3-9-4-6-12-7-5-9/h2-7H,1H3,(H3,11,14,15)/b3-2-,13-8+. The number of nitrogens with one attached hydrogen (secondary N) is 1. The summed E-state index contributed by atoms with van der Waals surface area (Å²) >= 11 is 4.62. The maximum Gasteiger partial charge on any atom is 0.184 e. The van der Waals surface area contributed by atoms with Gasteiger partial charge in [-0.25, -0.2) is 0 Å². The summed E-state index contributed by atoms with van der Waals surface area (Å²) in [6.45, 7) is 1.85. The molecule has 4 nitrogen and oxygen atoms in total. The van der Waals surface area contributed by atoms with Gasteiger partial charge >= 0.3 is 0 Å². The van der Waals surface area contributed by atoms with Crippen LogP contribution in [0.4, 0.5) is 0 Å². The van der Waals surface area contributed by atoms with Crippen molar-refractivity contribution in [3.05, 3.63) is 36.2 Å². The minimum Gasteiger partial charge on any atom is -0.375 e. The van der Waals surface area contributed by atoms with Gasteiger partial charge < -0.3 is 5.73 Å². The van der Waals surface area contributed by atoms with E-state index < -0.39 is 0 Å². The second kappa shape index (κ2) is 5.87. The Labute approximate surface area is 93.9 Å². The van der Waals surface area contributed by atoms with Crippen LogP contribution in [0.1, 0.15) is 12.5 Å². The molecule has 0 fully saturated rings. The Balaban J connectivity index is 2.58. The molecule has 0 bridgehead atoms. The van der Waals surface area contributed by atoms with Crippen molar-refractivity contribution in [3.63, 3.8) is 0 Å². The Kier molecular flexibility index (Phi) is 4.43. The largest absolute Gasteiger partial charge is 0.375 e. The van der Waals surface area contributed by atoms with Crippen LogP contribution in [0.5, 0.6) is 0 Å². The van der Waals surface area contributed by atoms with Gasteiger partial charge in [-0.15, -0.1) is 0 Å². The van der Waals surface area contributed by atoms with Crippen LogP contribution in [0.15, 0.2) is 35.7 Å².